The molecular formula is C47H65N9O16. The first-order valence-corrected chi connectivity index (χ1v) is 22.8. The zero-order chi connectivity index (χ0) is 54.4. The topological polar surface area (TPSA) is 394 Å². The standard InChI is InChI=1S/C47H65N9O16/c1-23(2)18-31(55-46(70)38(27(6)57)56-45(69)32(51-28(7)58)19-29-14-10-8-11-15-29)43(67)54-34(21-36(59)60)42(66)49-25(4)40(64)52-35(22-37(61)62)44(68)53-33(20-30-16-12-9-13-17-30)41(65)48-24(3)39(63)50-26(5)47(71)72/h8-17,23-27,31-35,38,57H,18-22H2,1-7H3,(H,48,65)(H,49,66)(H,50,63)(H,51,58)(H,52,64)(H,53,68)(H,54,67)(H,55,70)(H,56,69)(H,59,60)(H,61,62)(H,71,72)/t24-,25-,26-,27+,31-,32-,33-,34-,35-,38-/m0/s1. The van der Waals surface area contributed by atoms with Crippen molar-refractivity contribution in [3.63, 3.8) is 0 Å². The number of aliphatic hydroxyl groups excluding tert-OH is 1. The monoisotopic (exact) mass is 1010 g/mol. The van der Waals surface area contributed by atoms with Crippen LogP contribution in [0.3, 0.4) is 0 Å². The van der Waals surface area contributed by atoms with Gasteiger partial charge in [0.1, 0.15) is 54.4 Å². The summed E-state index contributed by atoms with van der Waals surface area (Å²) in [6.07, 6.45) is -3.95. The van der Waals surface area contributed by atoms with E-state index in [-0.39, 0.29) is 25.2 Å². The third-order valence-electron chi connectivity index (χ3n) is 10.6. The van der Waals surface area contributed by atoms with Crippen LogP contribution in [-0.2, 0) is 70.4 Å². The fourth-order valence-electron chi connectivity index (χ4n) is 6.76. The van der Waals surface area contributed by atoms with Crippen molar-refractivity contribution in [2.45, 2.75) is 141 Å². The van der Waals surface area contributed by atoms with E-state index >= 15 is 0 Å². The molecule has 2 aromatic rings. The van der Waals surface area contributed by atoms with Crippen molar-refractivity contribution in [2.24, 2.45) is 5.92 Å². The molecule has 72 heavy (non-hydrogen) atoms. The number of rotatable bonds is 29. The van der Waals surface area contributed by atoms with Crippen LogP contribution in [0.5, 0.6) is 0 Å². The molecule has 0 aliphatic heterocycles. The molecule has 0 saturated heterocycles. The lowest BCUT2D eigenvalue weighted by Crippen LogP contribution is -2.61. The molecule has 0 fully saturated rings. The summed E-state index contributed by atoms with van der Waals surface area (Å²) in [6.45, 7) is 9.26. The van der Waals surface area contributed by atoms with E-state index in [1.54, 1.807) is 74.5 Å². The van der Waals surface area contributed by atoms with E-state index in [0.717, 1.165) is 6.92 Å². The highest BCUT2D eigenvalue weighted by molar-refractivity contribution is 5.99. The van der Waals surface area contributed by atoms with Gasteiger partial charge in [0, 0.05) is 19.8 Å². The SMILES string of the molecule is CC(=O)N[C@@H](Cc1ccccc1)C(=O)N[C@H](C(=O)N[C@@H](CC(C)C)C(=O)N[C@@H](CC(=O)O)C(=O)N[C@@H](C)C(=O)N[C@@H](CC(=O)O)C(=O)N[C@@H](Cc1ccccc1)C(=O)N[C@@H](C)C(=O)N[C@@H](C)C(=O)O)[C@@H](C)O. The Bertz CT molecular complexity index is 2260. The van der Waals surface area contributed by atoms with Gasteiger partial charge in [-0.3, -0.25) is 57.5 Å². The Morgan fingerprint density at radius 1 is 0.417 bits per heavy atom. The molecule has 0 aromatic heterocycles. The van der Waals surface area contributed by atoms with E-state index in [1.807, 2.05) is 0 Å². The Hall–Kier alpha value is -7.96. The van der Waals surface area contributed by atoms with Gasteiger partial charge in [-0.1, -0.05) is 74.5 Å². The van der Waals surface area contributed by atoms with Gasteiger partial charge >= 0.3 is 17.9 Å². The van der Waals surface area contributed by atoms with Crippen LogP contribution in [0.15, 0.2) is 60.7 Å². The molecule has 0 saturated carbocycles. The zero-order valence-corrected chi connectivity index (χ0v) is 40.8. The summed E-state index contributed by atoms with van der Waals surface area (Å²) in [5.41, 5.74) is 1.17. The third-order valence-corrected chi connectivity index (χ3v) is 10.6. The smallest absolute Gasteiger partial charge is 0.325 e. The van der Waals surface area contributed by atoms with Crippen LogP contribution in [0, 0.1) is 5.92 Å². The van der Waals surface area contributed by atoms with Crippen molar-refractivity contribution in [1.82, 2.24) is 47.9 Å². The van der Waals surface area contributed by atoms with Crippen LogP contribution in [0.25, 0.3) is 0 Å². The van der Waals surface area contributed by atoms with Crippen molar-refractivity contribution >= 4 is 71.1 Å². The van der Waals surface area contributed by atoms with Gasteiger partial charge in [0.05, 0.1) is 18.9 Å². The maximum absolute atomic E-state index is 13.8. The lowest BCUT2D eigenvalue weighted by Gasteiger charge is -2.28. The number of hydrogen-bond acceptors (Lipinski definition) is 13. The van der Waals surface area contributed by atoms with E-state index in [9.17, 15) is 72.9 Å². The lowest BCUT2D eigenvalue weighted by atomic mass is 10.0. The second-order valence-corrected chi connectivity index (χ2v) is 17.5. The molecule has 0 heterocycles. The summed E-state index contributed by atoms with van der Waals surface area (Å²) in [5.74, 6) is -13.8. The molecule has 25 nitrogen and oxygen atoms in total. The van der Waals surface area contributed by atoms with Crippen LogP contribution in [0.1, 0.15) is 78.9 Å². The predicted octanol–water partition coefficient (Wildman–Crippen LogP) is -2.62. The van der Waals surface area contributed by atoms with E-state index in [1.165, 1.54) is 27.7 Å². The summed E-state index contributed by atoms with van der Waals surface area (Å²) in [6, 6.07) is 2.82. The van der Waals surface area contributed by atoms with Crippen molar-refractivity contribution in [3.8, 4) is 0 Å². The molecule has 394 valence electrons. The van der Waals surface area contributed by atoms with Crippen molar-refractivity contribution in [3.05, 3.63) is 71.8 Å². The highest BCUT2D eigenvalue weighted by Crippen LogP contribution is 2.11. The Labute approximate surface area is 414 Å². The maximum atomic E-state index is 13.8. The first-order valence-electron chi connectivity index (χ1n) is 22.8. The highest BCUT2D eigenvalue weighted by Gasteiger charge is 2.36. The number of carboxylic acids is 3. The normalized spacial score (nSPS) is 15.1. The first kappa shape index (κ1) is 60.2. The number of aliphatic hydroxyl groups is 1. The minimum absolute atomic E-state index is 0.0170. The van der Waals surface area contributed by atoms with Crippen molar-refractivity contribution in [2.75, 3.05) is 0 Å². The molecule has 0 aliphatic rings. The minimum Gasteiger partial charge on any atom is -0.481 e. The average molecular weight is 1010 g/mol. The maximum Gasteiger partial charge on any atom is 0.325 e. The molecule has 0 bridgehead atoms. The number of amides is 9. The average Bonchev–Trinajstić information content (AvgIpc) is 3.29. The molecule has 2 rings (SSSR count). The number of carbonyl (C=O) groups is 12. The fraction of sp³-hybridized carbons (Fsp3) is 0.489. The van der Waals surface area contributed by atoms with E-state index in [0.29, 0.717) is 11.1 Å². The summed E-state index contributed by atoms with van der Waals surface area (Å²) in [7, 11) is 0. The zero-order valence-electron chi connectivity index (χ0n) is 40.8. The Morgan fingerprint density at radius 2 is 0.764 bits per heavy atom. The quantitative estimate of drug-likeness (QED) is 0.0397. The Morgan fingerprint density at radius 3 is 1.18 bits per heavy atom. The minimum atomic E-state index is -1.91. The molecule has 0 spiro atoms. The first-order chi connectivity index (χ1) is 33.7. The molecule has 2 aromatic carbocycles. The summed E-state index contributed by atoms with van der Waals surface area (Å²) in [5, 5.41) is 59.9. The number of nitrogens with one attached hydrogen (secondary N) is 9. The number of benzene rings is 2. The predicted molar refractivity (Wildman–Crippen MR) is 254 cm³/mol. The van der Waals surface area contributed by atoms with E-state index in [4.69, 9.17) is 5.11 Å². The Kier molecular flexibility index (Phi) is 24.5. The Balaban J connectivity index is 2.27. The molecule has 25 heteroatoms. The van der Waals surface area contributed by atoms with Crippen LogP contribution in [0.4, 0.5) is 0 Å². The van der Waals surface area contributed by atoms with Crippen LogP contribution in [0.2, 0.25) is 0 Å². The highest BCUT2D eigenvalue weighted by atomic mass is 16.4. The van der Waals surface area contributed by atoms with Gasteiger partial charge in [-0.15, -0.1) is 0 Å². The van der Waals surface area contributed by atoms with Crippen LogP contribution >= 0.6 is 0 Å². The van der Waals surface area contributed by atoms with E-state index in [2.05, 4.69) is 47.9 Å². The van der Waals surface area contributed by atoms with Crippen molar-refractivity contribution < 1.29 is 78.0 Å². The molecule has 0 radical (unpaired) electrons. The number of hydrogen-bond donors (Lipinski definition) is 13. The summed E-state index contributed by atoms with van der Waals surface area (Å²) in [4.78, 5) is 155. The molecular weight excluding hydrogens is 947 g/mol. The van der Waals surface area contributed by atoms with Crippen LogP contribution in [-0.4, -0.2) is 152 Å². The number of carboxylic acid groups (broad SMARTS) is 3. The van der Waals surface area contributed by atoms with Gasteiger partial charge < -0.3 is 68.3 Å². The second-order valence-electron chi connectivity index (χ2n) is 17.5. The summed E-state index contributed by atoms with van der Waals surface area (Å²) >= 11 is 0. The molecule has 0 aliphatic carbocycles. The third kappa shape index (κ3) is 21.4. The molecule has 10 atom stereocenters. The molecule has 0 unspecified atom stereocenters. The van der Waals surface area contributed by atoms with Gasteiger partial charge in [-0.05, 0) is 51.2 Å². The van der Waals surface area contributed by atoms with E-state index < -0.39 is 144 Å². The van der Waals surface area contributed by atoms with Crippen LogP contribution < -0.4 is 47.9 Å². The van der Waals surface area contributed by atoms with Gasteiger partial charge in [0.25, 0.3) is 0 Å². The van der Waals surface area contributed by atoms with Gasteiger partial charge in [-0.2, -0.15) is 0 Å². The second kappa shape index (κ2) is 29.3. The largest absolute Gasteiger partial charge is 0.481 e. The fourth-order valence-corrected chi connectivity index (χ4v) is 6.76. The van der Waals surface area contributed by atoms with Crippen molar-refractivity contribution in [1.29, 1.82) is 0 Å². The van der Waals surface area contributed by atoms with Gasteiger partial charge in [0.15, 0.2) is 0 Å². The molecule has 9 amide bonds. The van der Waals surface area contributed by atoms with Gasteiger partial charge in [0.2, 0.25) is 53.2 Å². The molecule has 13 N–H and O–H groups in total. The lowest BCUT2D eigenvalue weighted by molar-refractivity contribution is -0.142. The number of aliphatic carboxylic acids is 3. The van der Waals surface area contributed by atoms with Gasteiger partial charge in [-0.25, -0.2) is 0 Å². The number of carbonyl (C=O) groups excluding carboxylic acids is 9. The summed E-state index contributed by atoms with van der Waals surface area (Å²) < 4.78 is 0.